The quantitative estimate of drug-likeness (QED) is 0.266. The first kappa shape index (κ1) is 18.5. The molecule has 0 radical (unpaired) electrons. The van der Waals surface area contributed by atoms with Crippen molar-refractivity contribution in [3.8, 4) is 0 Å². The maximum atomic E-state index is 8.81. The van der Waals surface area contributed by atoms with Crippen molar-refractivity contribution in [3.05, 3.63) is 0 Å². The molecule has 5 heavy (non-hydrogen) atoms. The van der Waals surface area contributed by atoms with Crippen molar-refractivity contribution in [2.24, 2.45) is 0 Å². The van der Waals surface area contributed by atoms with E-state index in [9.17, 15) is 0 Å². The van der Waals surface area contributed by atoms with Gasteiger partial charge in [0.1, 0.15) is 0 Å². The first-order valence-corrected chi connectivity index (χ1v) is 1.43. The zero-order valence-electron chi connectivity index (χ0n) is 2.49. The Hall–Kier alpha value is 0.304. The normalized spacial score (nSPS) is 2.20. The fourth-order valence-corrected chi connectivity index (χ4v) is 0. The summed E-state index contributed by atoms with van der Waals surface area (Å²) in [5.74, 6) is 0. The Bertz CT molecular complexity index is 14.4. The molecule has 0 aromatic rings. The van der Waals surface area contributed by atoms with Crippen molar-refractivity contribution >= 4 is 4.59 Å². The van der Waals surface area contributed by atoms with E-state index in [4.69, 9.17) is 4.79 Å². The van der Waals surface area contributed by atoms with Crippen LogP contribution in [0.25, 0.3) is 0 Å². The Kier molecular flexibility index (Phi) is 102. The molecule has 0 aliphatic carbocycles. The summed E-state index contributed by atoms with van der Waals surface area (Å²) in [5, 5.41) is 0. The van der Waals surface area contributed by atoms with Crippen LogP contribution in [-0.4, -0.2) is 15.5 Å². The Labute approximate surface area is 41.4 Å². The molecule has 0 unspecified atom stereocenters. The van der Waals surface area contributed by atoms with E-state index >= 15 is 0 Å². The third kappa shape index (κ3) is 247. The van der Waals surface area contributed by atoms with Crippen LogP contribution in [0.5, 0.6) is 0 Å². The first-order valence-electron chi connectivity index (χ1n) is 0.524. The van der Waals surface area contributed by atoms with Gasteiger partial charge in [-0.1, -0.05) is 0 Å². The van der Waals surface area contributed by atoms with E-state index in [-0.39, 0.29) is 11.0 Å². The van der Waals surface area contributed by atoms with Gasteiger partial charge >= 0.3 is 29.8 Å². The van der Waals surface area contributed by atoms with Crippen LogP contribution in [0.15, 0.2) is 0 Å². The van der Waals surface area contributed by atoms with Gasteiger partial charge in [0.25, 0.3) is 0 Å². The predicted octanol–water partition coefficient (Wildman–Crippen LogP) is -1.93. The molecule has 0 aromatic heterocycles. The second-order valence-corrected chi connectivity index (χ2v) is 0.486. The van der Waals surface area contributed by atoms with Crippen LogP contribution in [-0.2, 0) is 25.2 Å². The molecule has 0 saturated heterocycles. The first-order chi connectivity index (χ1) is 1.41. The predicted molar refractivity (Wildman–Crippen MR) is 14.0 cm³/mol. The molecule has 0 aliphatic rings. The van der Waals surface area contributed by atoms with E-state index in [1.807, 2.05) is 0 Å². The van der Waals surface area contributed by atoms with Crippen LogP contribution in [0.4, 0.5) is 0 Å². The molecule has 0 amide bonds. The van der Waals surface area contributed by atoms with Gasteiger partial charge in [0.15, 0.2) is 0 Å². The molecule has 0 spiro atoms. The molecule has 0 aromatic carbocycles. The zero-order valence-corrected chi connectivity index (χ0v) is 4.05. The Morgan fingerprint density at radius 1 is 1.40 bits per heavy atom. The van der Waals surface area contributed by atoms with E-state index in [0.29, 0.717) is 0 Å². The minimum absolute atomic E-state index is 0. The van der Waals surface area contributed by atoms with Crippen molar-refractivity contribution in [3.63, 3.8) is 0 Å². The van der Waals surface area contributed by atoms with Crippen LogP contribution < -0.4 is 0 Å². The minimum atomic E-state index is 0. The zero-order chi connectivity index (χ0) is 2.71. The Balaban J connectivity index is -0.0000000200. The molecule has 0 atom stereocenters. The summed E-state index contributed by atoms with van der Waals surface area (Å²) >= 11 is 1.44. The van der Waals surface area contributed by atoms with Crippen molar-refractivity contribution < 1.29 is 36.2 Å². The Morgan fingerprint density at radius 3 is 1.40 bits per heavy atom. The molecule has 0 fully saturated rings. The molecule has 0 aliphatic heterocycles. The van der Waals surface area contributed by atoms with Crippen LogP contribution in [0.1, 0.15) is 0 Å². The molecule has 31 valence electrons. The molecule has 0 saturated carbocycles. The van der Waals surface area contributed by atoms with Gasteiger partial charge < -0.3 is 11.0 Å². The summed E-state index contributed by atoms with van der Waals surface area (Å²) < 4.78 is 0.750. The second-order valence-electron chi connectivity index (χ2n) is 0.118. The summed E-state index contributed by atoms with van der Waals surface area (Å²) in [4.78, 5) is 8.81. The van der Waals surface area contributed by atoms with Crippen LogP contribution in [0.3, 0.4) is 0 Å². The number of hydrogen-bond donors (Lipinski definition) is 0. The molecule has 0 rings (SSSR count). The molecule has 0 bridgehead atoms. The van der Waals surface area contributed by atoms with Crippen molar-refractivity contribution in [1.29, 1.82) is 0 Å². The average molecular weight is 113 g/mol. The summed E-state index contributed by atoms with van der Waals surface area (Å²) in [5.41, 5.74) is 0. The van der Waals surface area contributed by atoms with Gasteiger partial charge in [-0.3, -0.25) is 0 Å². The third-order valence-electron chi connectivity index (χ3n) is 0. The molecular formula is CH5O3Ti. The standard InChI is InChI=1S/CHO.2H2O.Ti/c1-2;;;/h1H;2*1H2;. The van der Waals surface area contributed by atoms with Gasteiger partial charge in [0.2, 0.25) is 0 Å². The number of hydrogen-bond acceptors (Lipinski definition) is 1. The van der Waals surface area contributed by atoms with Gasteiger partial charge in [-0.2, -0.15) is 0 Å². The fourth-order valence-electron chi connectivity index (χ4n) is 0. The van der Waals surface area contributed by atoms with Crippen LogP contribution in [0.2, 0.25) is 0 Å². The monoisotopic (exact) mass is 113 g/mol. The van der Waals surface area contributed by atoms with Gasteiger partial charge in [-0.15, -0.1) is 0 Å². The van der Waals surface area contributed by atoms with Gasteiger partial charge in [0.05, 0.1) is 0 Å². The van der Waals surface area contributed by atoms with Gasteiger partial charge in [0, 0.05) is 0 Å². The van der Waals surface area contributed by atoms with E-state index < -0.39 is 0 Å². The topological polar surface area (TPSA) is 80.1 Å². The number of rotatable bonds is 0. The summed E-state index contributed by atoms with van der Waals surface area (Å²) in [6.07, 6.45) is 0. The van der Waals surface area contributed by atoms with Crippen LogP contribution in [0, 0.1) is 0 Å². The van der Waals surface area contributed by atoms with Crippen molar-refractivity contribution in [1.82, 2.24) is 0 Å². The number of carbonyl (C=O) groups excluding carboxylic acids is 1. The summed E-state index contributed by atoms with van der Waals surface area (Å²) in [7, 11) is 0. The van der Waals surface area contributed by atoms with Crippen molar-refractivity contribution in [2.75, 3.05) is 0 Å². The average Bonchev–Trinajstić information content (AvgIpc) is 0.918. The molecular weight excluding hydrogens is 108 g/mol. The molecule has 3 nitrogen and oxygen atoms in total. The third-order valence-corrected chi connectivity index (χ3v) is 0. The van der Waals surface area contributed by atoms with Crippen LogP contribution >= 0.6 is 0 Å². The second kappa shape index (κ2) is 27.6. The van der Waals surface area contributed by atoms with E-state index in [1.165, 1.54) is 20.4 Å². The molecule has 4 heteroatoms. The van der Waals surface area contributed by atoms with Gasteiger partial charge in [-0.05, 0) is 0 Å². The van der Waals surface area contributed by atoms with E-state index in [2.05, 4.69) is 0 Å². The summed E-state index contributed by atoms with van der Waals surface area (Å²) in [6.45, 7) is 0. The SMILES string of the molecule is O.O.O=[CH][Ti]. The van der Waals surface area contributed by atoms with E-state index in [0.717, 1.165) is 4.59 Å². The number of carbonyl (C=O) groups is 1. The maximum absolute atomic E-state index is 8.81. The Morgan fingerprint density at radius 2 is 1.40 bits per heavy atom. The van der Waals surface area contributed by atoms with Crippen molar-refractivity contribution in [2.45, 2.75) is 0 Å². The summed E-state index contributed by atoms with van der Waals surface area (Å²) in [6, 6.07) is 0. The van der Waals surface area contributed by atoms with E-state index in [1.54, 1.807) is 0 Å². The molecule has 0 heterocycles. The molecule has 4 N–H and O–H groups in total. The van der Waals surface area contributed by atoms with Gasteiger partial charge in [-0.25, -0.2) is 0 Å². The fraction of sp³-hybridized carbons (Fsp3) is 0.